The Kier molecular flexibility index (Phi) is 1.62. The molecule has 0 radical (unpaired) electrons. The molecule has 3 nitrogen and oxygen atoms in total. The molecular weight excluding hydrogens is 194 g/mol. The minimum atomic E-state index is -0.943. The van der Waals surface area contributed by atoms with Crippen LogP contribution in [0.15, 0.2) is 6.07 Å². The second kappa shape index (κ2) is 2.53. The molecule has 0 aliphatic heterocycles. The Hall–Kier alpha value is -0.940. The maximum Gasteiger partial charge on any atom is 0.365 e. The fraction of sp³-hybridized carbons (Fsp3) is 0.143. The van der Waals surface area contributed by atoms with Crippen LogP contribution in [0.5, 0.6) is 0 Å². The molecular formula is C7H5NO2S2. The molecule has 0 atom stereocenters. The maximum atomic E-state index is 10.5. The van der Waals surface area contributed by atoms with Crippen molar-refractivity contribution in [2.24, 2.45) is 0 Å². The SMILES string of the molecule is Cc1cc2nc(C(=O)O)sc2s1. The van der Waals surface area contributed by atoms with Crippen LogP contribution in [0.3, 0.4) is 0 Å². The number of hydrogen-bond donors (Lipinski definition) is 1. The molecule has 0 saturated carbocycles. The molecule has 12 heavy (non-hydrogen) atoms. The normalized spacial score (nSPS) is 10.8. The molecule has 0 fully saturated rings. The van der Waals surface area contributed by atoms with Gasteiger partial charge in [-0.25, -0.2) is 9.78 Å². The van der Waals surface area contributed by atoms with E-state index in [1.165, 1.54) is 16.2 Å². The summed E-state index contributed by atoms with van der Waals surface area (Å²) in [5, 5.41) is 8.80. The molecule has 0 amide bonds. The number of aromatic nitrogens is 1. The largest absolute Gasteiger partial charge is 0.476 e. The summed E-state index contributed by atoms with van der Waals surface area (Å²) < 4.78 is 0.991. The Balaban J connectivity index is 2.64. The van der Waals surface area contributed by atoms with E-state index in [-0.39, 0.29) is 5.01 Å². The van der Waals surface area contributed by atoms with Gasteiger partial charge in [0.25, 0.3) is 0 Å². The molecule has 2 rings (SSSR count). The number of rotatable bonds is 1. The highest BCUT2D eigenvalue weighted by atomic mass is 32.2. The number of carbonyl (C=O) groups is 1. The van der Waals surface area contributed by atoms with Crippen LogP contribution >= 0.6 is 22.7 Å². The maximum absolute atomic E-state index is 10.5. The van der Waals surface area contributed by atoms with Gasteiger partial charge in [-0.1, -0.05) is 11.3 Å². The lowest BCUT2D eigenvalue weighted by molar-refractivity contribution is 0.0696. The van der Waals surface area contributed by atoms with E-state index in [9.17, 15) is 4.79 Å². The first-order valence-corrected chi connectivity index (χ1v) is 4.90. The zero-order chi connectivity index (χ0) is 8.72. The number of fused-ring (bicyclic) bond motifs is 1. The second-order valence-electron chi connectivity index (χ2n) is 2.35. The third-order valence-corrected chi connectivity index (χ3v) is 3.59. The van der Waals surface area contributed by atoms with Crippen LogP contribution in [0.1, 0.15) is 14.7 Å². The van der Waals surface area contributed by atoms with Crippen molar-refractivity contribution >= 4 is 38.2 Å². The topological polar surface area (TPSA) is 50.2 Å². The Morgan fingerprint density at radius 3 is 2.92 bits per heavy atom. The summed E-state index contributed by atoms with van der Waals surface area (Å²) in [6, 6.07) is 1.91. The molecule has 1 N–H and O–H groups in total. The number of aromatic carboxylic acids is 1. The Labute approximate surface area is 76.3 Å². The van der Waals surface area contributed by atoms with Crippen LogP contribution in [0.25, 0.3) is 9.53 Å². The zero-order valence-corrected chi connectivity index (χ0v) is 7.83. The molecule has 5 heteroatoms. The molecule has 0 spiro atoms. The number of carboxylic acid groups (broad SMARTS) is 1. The van der Waals surface area contributed by atoms with Crippen molar-refractivity contribution in [3.05, 3.63) is 16.0 Å². The summed E-state index contributed by atoms with van der Waals surface area (Å²) in [5.41, 5.74) is 0.805. The Morgan fingerprint density at radius 2 is 2.33 bits per heavy atom. The van der Waals surface area contributed by atoms with Crippen molar-refractivity contribution < 1.29 is 9.90 Å². The predicted molar refractivity (Wildman–Crippen MR) is 49.2 cm³/mol. The average molecular weight is 199 g/mol. The summed E-state index contributed by atoms with van der Waals surface area (Å²) in [6.07, 6.45) is 0. The zero-order valence-electron chi connectivity index (χ0n) is 6.20. The molecule has 0 unspecified atom stereocenters. The van der Waals surface area contributed by atoms with Gasteiger partial charge in [-0.15, -0.1) is 11.3 Å². The Bertz CT molecular complexity index is 412. The highest BCUT2D eigenvalue weighted by Gasteiger charge is 2.11. The van der Waals surface area contributed by atoms with Gasteiger partial charge in [-0.05, 0) is 13.0 Å². The number of aryl methyl sites for hydroxylation is 1. The van der Waals surface area contributed by atoms with Crippen molar-refractivity contribution in [3.63, 3.8) is 0 Å². The number of hydrogen-bond acceptors (Lipinski definition) is 4. The number of thiophene rings is 1. The second-order valence-corrected chi connectivity index (χ2v) is 4.87. The van der Waals surface area contributed by atoms with Crippen molar-refractivity contribution in [1.82, 2.24) is 4.98 Å². The fourth-order valence-electron chi connectivity index (χ4n) is 0.942. The molecule has 0 aliphatic carbocycles. The van der Waals surface area contributed by atoms with Crippen LogP contribution in [0.4, 0.5) is 0 Å². The fourth-order valence-corrected chi connectivity index (χ4v) is 3.03. The Morgan fingerprint density at radius 1 is 1.58 bits per heavy atom. The molecule has 62 valence electrons. The van der Waals surface area contributed by atoms with Gasteiger partial charge >= 0.3 is 5.97 Å². The first-order valence-electron chi connectivity index (χ1n) is 3.27. The van der Waals surface area contributed by atoms with Crippen molar-refractivity contribution in [2.45, 2.75) is 6.92 Å². The van der Waals surface area contributed by atoms with Gasteiger partial charge in [0.2, 0.25) is 5.01 Å². The van der Waals surface area contributed by atoms with Gasteiger partial charge in [0.1, 0.15) is 4.01 Å². The molecule has 0 bridgehead atoms. The van der Waals surface area contributed by atoms with Gasteiger partial charge in [0, 0.05) is 4.88 Å². The van der Waals surface area contributed by atoms with E-state index in [0.29, 0.717) is 0 Å². The minimum absolute atomic E-state index is 0.177. The quantitative estimate of drug-likeness (QED) is 0.767. The predicted octanol–water partition coefficient (Wildman–Crippen LogP) is 2.36. The van der Waals surface area contributed by atoms with E-state index >= 15 is 0 Å². The van der Waals surface area contributed by atoms with E-state index in [4.69, 9.17) is 5.11 Å². The molecule has 0 aliphatic rings. The highest BCUT2D eigenvalue weighted by Crippen LogP contribution is 2.30. The van der Waals surface area contributed by atoms with Crippen LogP contribution in [-0.2, 0) is 0 Å². The summed E-state index contributed by atoms with van der Waals surface area (Å²) in [6.45, 7) is 1.99. The van der Waals surface area contributed by atoms with Gasteiger partial charge in [0.15, 0.2) is 0 Å². The van der Waals surface area contributed by atoms with Gasteiger partial charge in [-0.3, -0.25) is 0 Å². The van der Waals surface area contributed by atoms with Crippen LogP contribution < -0.4 is 0 Å². The third kappa shape index (κ3) is 1.11. The van der Waals surface area contributed by atoms with E-state index in [2.05, 4.69) is 4.98 Å². The first kappa shape index (κ1) is 7.70. The number of carboxylic acids is 1. The highest BCUT2D eigenvalue weighted by molar-refractivity contribution is 7.38. The monoisotopic (exact) mass is 199 g/mol. The molecule has 2 aromatic heterocycles. The minimum Gasteiger partial charge on any atom is -0.476 e. The van der Waals surface area contributed by atoms with E-state index < -0.39 is 5.97 Å². The first-order chi connectivity index (χ1) is 5.66. The molecule has 2 heterocycles. The van der Waals surface area contributed by atoms with Gasteiger partial charge in [-0.2, -0.15) is 0 Å². The number of nitrogens with zero attached hydrogens (tertiary/aromatic N) is 1. The third-order valence-electron chi connectivity index (χ3n) is 1.40. The number of thiazole rings is 1. The molecule has 0 aromatic carbocycles. The van der Waals surface area contributed by atoms with Crippen LogP contribution in [0, 0.1) is 6.92 Å². The van der Waals surface area contributed by atoms with Crippen LogP contribution in [-0.4, -0.2) is 16.1 Å². The standard InChI is InChI=1S/C7H5NO2S2/c1-3-2-4-7(11-3)12-5(8-4)6(9)10/h2H,1H3,(H,9,10). The lowest BCUT2D eigenvalue weighted by atomic mass is 10.5. The summed E-state index contributed by atoms with van der Waals surface area (Å²) in [5.74, 6) is -0.943. The van der Waals surface area contributed by atoms with Crippen molar-refractivity contribution in [1.29, 1.82) is 0 Å². The van der Waals surface area contributed by atoms with Gasteiger partial charge < -0.3 is 5.11 Å². The van der Waals surface area contributed by atoms with Gasteiger partial charge in [0.05, 0.1) is 5.52 Å². The average Bonchev–Trinajstić information content (AvgIpc) is 2.42. The summed E-state index contributed by atoms with van der Waals surface area (Å²) in [4.78, 5) is 15.6. The summed E-state index contributed by atoms with van der Waals surface area (Å²) in [7, 11) is 0. The lowest BCUT2D eigenvalue weighted by Crippen LogP contribution is -1.93. The van der Waals surface area contributed by atoms with Crippen LogP contribution in [0.2, 0.25) is 0 Å². The molecule has 2 aromatic rings. The molecule has 0 saturated heterocycles. The van der Waals surface area contributed by atoms with Crippen molar-refractivity contribution in [2.75, 3.05) is 0 Å². The van der Waals surface area contributed by atoms with E-state index in [1.807, 2.05) is 13.0 Å². The van der Waals surface area contributed by atoms with Crippen molar-refractivity contribution in [3.8, 4) is 0 Å². The van der Waals surface area contributed by atoms with E-state index in [1.54, 1.807) is 11.3 Å². The smallest absolute Gasteiger partial charge is 0.365 e. The lowest BCUT2D eigenvalue weighted by Gasteiger charge is -1.80. The summed E-state index contributed by atoms with van der Waals surface area (Å²) >= 11 is 2.82. The van der Waals surface area contributed by atoms with E-state index in [0.717, 1.165) is 9.53 Å².